The molecule has 0 aromatic carbocycles. The molecule has 2 aromatic rings. The predicted molar refractivity (Wildman–Crippen MR) is 70.3 cm³/mol. The molecule has 0 bridgehead atoms. The molecule has 0 saturated heterocycles. The highest BCUT2D eigenvalue weighted by molar-refractivity contribution is 9.10. The maximum Gasteiger partial charge on any atom is 0.273 e. The summed E-state index contributed by atoms with van der Waals surface area (Å²) in [6.45, 7) is 4.11. The minimum atomic E-state index is -0.223. The minimum absolute atomic E-state index is 0.223. The highest BCUT2D eigenvalue weighted by Gasteiger charge is 2.17. The van der Waals surface area contributed by atoms with Crippen LogP contribution in [0.15, 0.2) is 21.0 Å². The van der Waals surface area contributed by atoms with E-state index in [1.54, 1.807) is 11.7 Å². The van der Waals surface area contributed by atoms with Gasteiger partial charge in [0.2, 0.25) is 0 Å². The van der Waals surface area contributed by atoms with Gasteiger partial charge in [-0.3, -0.25) is 9.48 Å². The fourth-order valence-corrected chi connectivity index (χ4v) is 2.07. The van der Waals surface area contributed by atoms with E-state index in [-0.39, 0.29) is 5.91 Å². The summed E-state index contributed by atoms with van der Waals surface area (Å²) >= 11 is 3.36. The standard InChI is InChI=1S/C12H14BrN3O2/c1-7-4-5-9(18-7)6-14-12(17)11-10(13)8(2)16(3)15-11/h4-5H,6H2,1-3H3,(H,14,17). The average molecular weight is 312 g/mol. The smallest absolute Gasteiger partial charge is 0.273 e. The number of carbonyl (C=O) groups excluding carboxylic acids is 1. The molecule has 2 heterocycles. The molecule has 0 radical (unpaired) electrons. The maximum absolute atomic E-state index is 12.0. The molecule has 0 saturated carbocycles. The maximum atomic E-state index is 12.0. The van der Waals surface area contributed by atoms with Crippen LogP contribution >= 0.6 is 15.9 Å². The number of hydrogen-bond donors (Lipinski definition) is 1. The van der Waals surface area contributed by atoms with Crippen molar-refractivity contribution in [2.45, 2.75) is 20.4 Å². The van der Waals surface area contributed by atoms with Gasteiger partial charge in [-0.15, -0.1) is 0 Å². The topological polar surface area (TPSA) is 60.1 Å². The lowest BCUT2D eigenvalue weighted by atomic mass is 10.3. The van der Waals surface area contributed by atoms with Crippen LogP contribution in [-0.2, 0) is 13.6 Å². The second-order valence-corrected chi connectivity index (χ2v) is 4.86. The molecule has 1 N–H and O–H groups in total. The summed E-state index contributed by atoms with van der Waals surface area (Å²) in [6, 6.07) is 3.71. The van der Waals surface area contributed by atoms with Crippen molar-refractivity contribution in [1.82, 2.24) is 15.1 Å². The van der Waals surface area contributed by atoms with E-state index in [1.807, 2.05) is 26.0 Å². The fraction of sp³-hybridized carbons (Fsp3) is 0.333. The Morgan fingerprint density at radius 1 is 1.50 bits per heavy atom. The highest BCUT2D eigenvalue weighted by atomic mass is 79.9. The third-order valence-corrected chi connectivity index (χ3v) is 3.64. The Kier molecular flexibility index (Phi) is 3.56. The minimum Gasteiger partial charge on any atom is -0.465 e. The molecule has 0 spiro atoms. The zero-order valence-electron chi connectivity index (χ0n) is 10.5. The van der Waals surface area contributed by atoms with Crippen molar-refractivity contribution in [3.63, 3.8) is 0 Å². The zero-order valence-corrected chi connectivity index (χ0v) is 12.0. The first-order valence-electron chi connectivity index (χ1n) is 5.51. The number of carbonyl (C=O) groups is 1. The summed E-state index contributed by atoms with van der Waals surface area (Å²) < 4.78 is 7.76. The molecule has 0 fully saturated rings. The summed E-state index contributed by atoms with van der Waals surface area (Å²) in [6.07, 6.45) is 0. The largest absolute Gasteiger partial charge is 0.465 e. The van der Waals surface area contributed by atoms with Gasteiger partial charge in [0.25, 0.3) is 5.91 Å². The van der Waals surface area contributed by atoms with Gasteiger partial charge in [-0.2, -0.15) is 5.10 Å². The quantitative estimate of drug-likeness (QED) is 0.946. The third-order valence-electron chi connectivity index (χ3n) is 2.70. The van der Waals surface area contributed by atoms with Crippen molar-refractivity contribution >= 4 is 21.8 Å². The van der Waals surface area contributed by atoms with E-state index in [4.69, 9.17) is 4.42 Å². The molecule has 0 atom stereocenters. The Bertz CT molecular complexity index is 586. The van der Waals surface area contributed by atoms with E-state index in [9.17, 15) is 4.79 Å². The number of aromatic nitrogens is 2. The van der Waals surface area contributed by atoms with E-state index in [2.05, 4.69) is 26.3 Å². The lowest BCUT2D eigenvalue weighted by molar-refractivity contribution is 0.0941. The second kappa shape index (κ2) is 4.97. The third kappa shape index (κ3) is 2.48. The molecule has 2 aromatic heterocycles. The number of halogens is 1. The van der Waals surface area contributed by atoms with Gasteiger partial charge in [0.1, 0.15) is 11.5 Å². The van der Waals surface area contributed by atoms with Crippen molar-refractivity contribution in [2.75, 3.05) is 0 Å². The number of rotatable bonds is 3. The Morgan fingerprint density at radius 2 is 2.22 bits per heavy atom. The van der Waals surface area contributed by atoms with Crippen LogP contribution in [-0.4, -0.2) is 15.7 Å². The van der Waals surface area contributed by atoms with E-state index in [0.29, 0.717) is 12.2 Å². The number of amides is 1. The van der Waals surface area contributed by atoms with Gasteiger partial charge in [0.15, 0.2) is 5.69 Å². The van der Waals surface area contributed by atoms with Crippen molar-refractivity contribution in [3.05, 3.63) is 39.5 Å². The first kappa shape index (κ1) is 12.9. The Morgan fingerprint density at radius 3 is 2.72 bits per heavy atom. The lowest BCUT2D eigenvalue weighted by Crippen LogP contribution is -2.23. The summed E-state index contributed by atoms with van der Waals surface area (Å²) in [5.74, 6) is 1.33. The Hall–Kier alpha value is -1.56. The van der Waals surface area contributed by atoms with Gasteiger partial charge in [-0.25, -0.2) is 0 Å². The van der Waals surface area contributed by atoms with Crippen molar-refractivity contribution in [1.29, 1.82) is 0 Å². The molecule has 5 nitrogen and oxygen atoms in total. The summed E-state index contributed by atoms with van der Waals surface area (Å²) in [4.78, 5) is 12.0. The monoisotopic (exact) mass is 311 g/mol. The first-order chi connectivity index (χ1) is 8.49. The van der Waals surface area contributed by atoms with Crippen LogP contribution in [0.1, 0.15) is 27.7 Å². The molecule has 1 amide bonds. The van der Waals surface area contributed by atoms with Gasteiger partial charge in [0.05, 0.1) is 16.7 Å². The zero-order chi connectivity index (χ0) is 13.3. The molecule has 0 aliphatic rings. The SMILES string of the molecule is Cc1ccc(CNC(=O)c2nn(C)c(C)c2Br)o1. The Labute approximate surface area is 113 Å². The number of nitrogens with zero attached hydrogens (tertiary/aromatic N) is 2. The van der Waals surface area contributed by atoms with Gasteiger partial charge >= 0.3 is 0 Å². The van der Waals surface area contributed by atoms with E-state index < -0.39 is 0 Å². The summed E-state index contributed by atoms with van der Waals surface area (Å²) in [7, 11) is 1.80. The number of nitrogens with one attached hydrogen (secondary N) is 1. The highest BCUT2D eigenvalue weighted by Crippen LogP contribution is 2.19. The van der Waals surface area contributed by atoms with Gasteiger partial charge in [-0.05, 0) is 41.9 Å². The number of aryl methyl sites for hydroxylation is 2. The number of furan rings is 1. The van der Waals surface area contributed by atoms with E-state index >= 15 is 0 Å². The molecule has 18 heavy (non-hydrogen) atoms. The molecule has 0 aliphatic carbocycles. The lowest BCUT2D eigenvalue weighted by Gasteiger charge is -2.00. The van der Waals surface area contributed by atoms with Crippen molar-refractivity contribution < 1.29 is 9.21 Å². The number of hydrogen-bond acceptors (Lipinski definition) is 3. The molecule has 0 aliphatic heterocycles. The van der Waals surface area contributed by atoms with E-state index in [1.165, 1.54) is 0 Å². The van der Waals surface area contributed by atoms with Gasteiger partial charge in [-0.1, -0.05) is 0 Å². The van der Waals surface area contributed by atoms with Gasteiger partial charge in [0, 0.05) is 7.05 Å². The molecular weight excluding hydrogens is 298 g/mol. The Balaban J connectivity index is 2.06. The normalized spacial score (nSPS) is 10.7. The van der Waals surface area contributed by atoms with Crippen LogP contribution in [0.3, 0.4) is 0 Å². The predicted octanol–water partition coefficient (Wildman–Crippen LogP) is 2.32. The first-order valence-corrected chi connectivity index (χ1v) is 6.31. The van der Waals surface area contributed by atoms with Crippen LogP contribution in [0.25, 0.3) is 0 Å². The average Bonchev–Trinajstić information content (AvgIpc) is 2.86. The molecule has 96 valence electrons. The van der Waals surface area contributed by atoms with Crippen molar-refractivity contribution in [3.8, 4) is 0 Å². The fourth-order valence-electron chi connectivity index (χ4n) is 1.56. The summed E-state index contributed by atoms with van der Waals surface area (Å²) in [5, 5.41) is 6.93. The van der Waals surface area contributed by atoms with Crippen LogP contribution < -0.4 is 5.32 Å². The van der Waals surface area contributed by atoms with E-state index in [0.717, 1.165) is 21.7 Å². The van der Waals surface area contributed by atoms with Crippen LogP contribution in [0.5, 0.6) is 0 Å². The van der Waals surface area contributed by atoms with Crippen molar-refractivity contribution in [2.24, 2.45) is 7.05 Å². The molecule has 2 rings (SSSR count). The summed E-state index contributed by atoms with van der Waals surface area (Å²) in [5.41, 5.74) is 1.30. The van der Waals surface area contributed by atoms with Gasteiger partial charge < -0.3 is 9.73 Å². The molecule has 0 unspecified atom stereocenters. The second-order valence-electron chi connectivity index (χ2n) is 4.07. The van der Waals surface area contributed by atoms with Crippen LogP contribution in [0, 0.1) is 13.8 Å². The van der Waals surface area contributed by atoms with Crippen LogP contribution in [0.2, 0.25) is 0 Å². The molecular formula is C12H14BrN3O2. The molecule has 6 heteroatoms. The van der Waals surface area contributed by atoms with Crippen LogP contribution in [0.4, 0.5) is 0 Å².